The zero-order valence-electron chi connectivity index (χ0n) is 11.3. The Balaban J connectivity index is 3.14. The summed E-state index contributed by atoms with van der Waals surface area (Å²) >= 11 is 0. The summed E-state index contributed by atoms with van der Waals surface area (Å²) in [7, 11) is 1.29. The number of nitro groups is 1. The first-order valence-corrected chi connectivity index (χ1v) is 6.03. The predicted octanol–water partition coefficient (Wildman–Crippen LogP) is 1.86. The van der Waals surface area contributed by atoms with Gasteiger partial charge >= 0.3 is 5.97 Å². The van der Waals surface area contributed by atoms with E-state index in [-0.39, 0.29) is 17.8 Å². The lowest BCUT2D eigenvalue weighted by atomic mass is 10.1. The molecule has 20 heavy (non-hydrogen) atoms. The quantitative estimate of drug-likeness (QED) is 0.447. The zero-order valence-corrected chi connectivity index (χ0v) is 11.3. The van der Waals surface area contributed by atoms with E-state index < -0.39 is 10.9 Å². The molecule has 7 heteroatoms. The van der Waals surface area contributed by atoms with Crippen molar-refractivity contribution in [2.45, 2.75) is 13.3 Å². The Bertz CT molecular complexity index is 551. The Morgan fingerprint density at radius 2 is 2.25 bits per heavy atom. The zero-order chi connectivity index (χ0) is 15.1. The number of rotatable bonds is 6. The number of nitriles is 1. The van der Waals surface area contributed by atoms with Crippen molar-refractivity contribution in [2.24, 2.45) is 0 Å². The SMILES string of the molecule is CCCN(CC(=O)OC)c1ccc(C#N)c([N+](=O)[O-])c1. The van der Waals surface area contributed by atoms with E-state index in [0.29, 0.717) is 12.2 Å². The van der Waals surface area contributed by atoms with Crippen LogP contribution in [-0.2, 0) is 9.53 Å². The number of benzene rings is 1. The van der Waals surface area contributed by atoms with Gasteiger partial charge in [-0.25, -0.2) is 0 Å². The highest BCUT2D eigenvalue weighted by Crippen LogP contribution is 2.25. The number of esters is 1. The van der Waals surface area contributed by atoms with Crippen molar-refractivity contribution in [3.8, 4) is 6.07 Å². The van der Waals surface area contributed by atoms with Crippen LogP contribution in [0.2, 0.25) is 0 Å². The molecule has 0 aliphatic heterocycles. The van der Waals surface area contributed by atoms with Gasteiger partial charge in [0, 0.05) is 18.3 Å². The molecule has 0 radical (unpaired) electrons. The number of carbonyl (C=O) groups is 1. The van der Waals surface area contributed by atoms with Crippen LogP contribution in [-0.4, -0.2) is 31.1 Å². The largest absolute Gasteiger partial charge is 0.468 e. The monoisotopic (exact) mass is 277 g/mol. The summed E-state index contributed by atoms with van der Waals surface area (Å²) in [6.45, 7) is 2.49. The van der Waals surface area contributed by atoms with Crippen molar-refractivity contribution < 1.29 is 14.5 Å². The first-order valence-electron chi connectivity index (χ1n) is 6.03. The van der Waals surface area contributed by atoms with Crippen LogP contribution < -0.4 is 4.90 Å². The van der Waals surface area contributed by atoms with Gasteiger partial charge in [-0.05, 0) is 18.6 Å². The lowest BCUT2D eigenvalue weighted by molar-refractivity contribution is -0.385. The van der Waals surface area contributed by atoms with Gasteiger partial charge < -0.3 is 9.64 Å². The molecular formula is C13H15N3O4. The van der Waals surface area contributed by atoms with E-state index in [0.717, 1.165) is 6.42 Å². The van der Waals surface area contributed by atoms with E-state index in [1.807, 2.05) is 6.92 Å². The average Bonchev–Trinajstić information content (AvgIpc) is 2.45. The molecule has 0 aliphatic rings. The average molecular weight is 277 g/mol. The summed E-state index contributed by atoms with van der Waals surface area (Å²) in [4.78, 5) is 23.4. The molecule has 0 fully saturated rings. The highest BCUT2D eigenvalue weighted by molar-refractivity contribution is 5.76. The van der Waals surface area contributed by atoms with E-state index in [1.165, 1.54) is 19.2 Å². The predicted molar refractivity (Wildman–Crippen MR) is 72.3 cm³/mol. The summed E-state index contributed by atoms with van der Waals surface area (Å²) in [5.41, 5.74) is 0.243. The highest BCUT2D eigenvalue weighted by Gasteiger charge is 2.18. The van der Waals surface area contributed by atoms with Gasteiger partial charge in [-0.1, -0.05) is 6.92 Å². The fourth-order valence-corrected chi connectivity index (χ4v) is 1.75. The van der Waals surface area contributed by atoms with E-state index in [1.54, 1.807) is 17.0 Å². The molecule has 7 nitrogen and oxygen atoms in total. The van der Waals surface area contributed by atoms with Crippen molar-refractivity contribution in [3.63, 3.8) is 0 Å². The fraction of sp³-hybridized carbons (Fsp3) is 0.385. The maximum atomic E-state index is 11.4. The third kappa shape index (κ3) is 3.68. The van der Waals surface area contributed by atoms with Gasteiger partial charge in [-0.15, -0.1) is 0 Å². The fourth-order valence-electron chi connectivity index (χ4n) is 1.75. The lowest BCUT2D eigenvalue weighted by Gasteiger charge is -2.22. The standard InChI is InChI=1S/C13H15N3O4/c1-3-6-15(9-13(17)20-2)11-5-4-10(8-14)12(7-11)16(18)19/h4-5,7H,3,6,9H2,1-2H3. The van der Waals surface area contributed by atoms with Crippen molar-refractivity contribution >= 4 is 17.3 Å². The van der Waals surface area contributed by atoms with Crippen LogP contribution in [0.15, 0.2) is 18.2 Å². The number of methoxy groups -OCH3 is 1. The van der Waals surface area contributed by atoms with Gasteiger partial charge in [0.1, 0.15) is 18.2 Å². The lowest BCUT2D eigenvalue weighted by Crippen LogP contribution is -2.31. The molecule has 0 spiro atoms. The number of anilines is 1. The summed E-state index contributed by atoms with van der Waals surface area (Å²) in [6.07, 6.45) is 0.769. The molecule has 1 aromatic rings. The van der Waals surface area contributed by atoms with Crippen molar-refractivity contribution in [1.29, 1.82) is 5.26 Å². The molecule has 0 N–H and O–H groups in total. The summed E-state index contributed by atoms with van der Waals surface area (Å²) in [6, 6.07) is 6.05. The van der Waals surface area contributed by atoms with Crippen molar-refractivity contribution in [2.75, 3.05) is 25.1 Å². The Morgan fingerprint density at radius 1 is 1.55 bits per heavy atom. The van der Waals surface area contributed by atoms with Crippen LogP contribution in [0.3, 0.4) is 0 Å². The second-order valence-electron chi connectivity index (χ2n) is 4.07. The Hall–Kier alpha value is -2.62. The second-order valence-corrected chi connectivity index (χ2v) is 4.07. The second kappa shape index (κ2) is 7.09. The third-order valence-corrected chi connectivity index (χ3v) is 2.70. The Morgan fingerprint density at radius 3 is 2.75 bits per heavy atom. The molecule has 0 bridgehead atoms. The van der Waals surface area contributed by atoms with Crippen LogP contribution in [0, 0.1) is 21.4 Å². The first kappa shape index (κ1) is 15.4. The number of hydrogen-bond acceptors (Lipinski definition) is 6. The number of nitrogens with zero attached hydrogens (tertiary/aromatic N) is 3. The summed E-state index contributed by atoms with van der Waals surface area (Å²) in [5, 5.41) is 19.8. The van der Waals surface area contributed by atoms with E-state index in [9.17, 15) is 14.9 Å². The van der Waals surface area contributed by atoms with E-state index in [2.05, 4.69) is 4.74 Å². The van der Waals surface area contributed by atoms with Gasteiger partial charge in [-0.2, -0.15) is 5.26 Å². The third-order valence-electron chi connectivity index (χ3n) is 2.70. The Kier molecular flexibility index (Phi) is 5.47. The Labute approximate surface area is 116 Å². The molecule has 0 amide bonds. The van der Waals surface area contributed by atoms with Crippen LogP contribution in [0.5, 0.6) is 0 Å². The van der Waals surface area contributed by atoms with Crippen LogP contribution >= 0.6 is 0 Å². The van der Waals surface area contributed by atoms with Crippen LogP contribution in [0.25, 0.3) is 0 Å². The van der Waals surface area contributed by atoms with Crippen LogP contribution in [0.1, 0.15) is 18.9 Å². The van der Waals surface area contributed by atoms with Crippen molar-refractivity contribution in [1.82, 2.24) is 0 Å². The summed E-state index contributed by atoms with van der Waals surface area (Å²) < 4.78 is 4.60. The first-order chi connectivity index (χ1) is 9.53. The number of ether oxygens (including phenoxy) is 1. The van der Waals surface area contributed by atoms with Gasteiger partial charge in [0.25, 0.3) is 5.69 Å². The van der Waals surface area contributed by atoms with Gasteiger partial charge in [0.15, 0.2) is 0 Å². The van der Waals surface area contributed by atoms with Gasteiger partial charge in [0.05, 0.1) is 12.0 Å². The van der Waals surface area contributed by atoms with Crippen LogP contribution in [0.4, 0.5) is 11.4 Å². The number of hydrogen-bond donors (Lipinski definition) is 0. The molecular weight excluding hydrogens is 262 g/mol. The highest BCUT2D eigenvalue weighted by atomic mass is 16.6. The normalized spacial score (nSPS) is 9.65. The van der Waals surface area contributed by atoms with Crippen molar-refractivity contribution in [3.05, 3.63) is 33.9 Å². The minimum Gasteiger partial charge on any atom is -0.468 e. The topological polar surface area (TPSA) is 96.5 Å². The maximum absolute atomic E-state index is 11.4. The molecule has 1 rings (SSSR count). The summed E-state index contributed by atoms with van der Waals surface area (Å²) in [5.74, 6) is -0.425. The molecule has 1 aromatic carbocycles. The molecule has 106 valence electrons. The number of nitro benzene ring substituents is 1. The molecule has 0 saturated heterocycles. The van der Waals surface area contributed by atoms with Gasteiger partial charge in [-0.3, -0.25) is 14.9 Å². The van der Waals surface area contributed by atoms with Gasteiger partial charge in [0.2, 0.25) is 0 Å². The molecule has 0 unspecified atom stereocenters. The minimum absolute atomic E-state index is 0.00623. The molecule has 0 aliphatic carbocycles. The molecule has 0 heterocycles. The maximum Gasteiger partial charge on any atom is 0.325 e. The van der Waals surface area contributed by atoms with E-state index >= 15 is 0 Å². The van der Waals surface area contributed by atoms with E-state index in [4.69, 9.17) is 5.26 Å². The molecule has 0 saturated carbocycles. The smallest absolute Gasteiger partial charge is 0.325 e. The minimum atomic E-state index is -0.607. The number of carbonyl (C=O) groups excluding carboxylic acids is 1. The molecule has 0 atom stereocenters. The molecule has 0 aromatic heterocycles.